The van der Waals surface area contributed by atoms with Crippen molar-refractivity contribution in [1.29, 1.82) is 0 Å². The molecule has 1 spiro atoms. The highest BCUT2D eigenvalue weighted by molar-refractivity contribution is 6.03. The summed E-state index contributed by atoms with van der Waals surface area (Å²) in [4.78, 5) is 51.2. The van der Waals surface area contributed by atoms with Crippen molar-refractivity contribution in [2.24, 2.45) is 34.0 Å². The Morgan fingerprint density at radius 1 is 1.11 bits per heavy atom. The molecule has 5 aliphatic carbocycles. The Hall–Kier alpha value is -3.03. The van der Waals surface area contributed by atoms with Crippen LogP contribution < -0.4 is 0 Å². The summed E-state index contributed by atoms with van der Waals surface area (Å²) < 4.78 is 12.0. The molecule has 5 saturated carbocycles. The number of hydrogen-bond acceptors (Lipinski definition) is 7. The van der Waals surface area contributed by atoms with Crippen molar-refractivity contribution in [1.82, 2.24) is 0 Å². The van der Waals surface area contributed by atoms with Gasteiger partial charge in [-0.2, -0.15) is 0 Å². The zero-order valence-corrected chi connectivity index (χ0v) is 19.8. The van der Waals surface area contributed by atoms with Crippen LogP contribution in [-0.2, 0) is 19.1 Å². The Labute approximate surface area is 203 Å². The summed E-state index contributed by atoms with van der Waals surface area (Å²) in [5.74, 6) is -1.08. The van der Waals surface area contributed by atoms with Crippen LogP contribution in [0, 0.1) is 44.1 Å². The van der Waals surface area contributed by atoms with Crippen LogP contribution >= 0.6 is 0 Å². The number of Topliss-reactive ketones (excluding diaryl/α,β-unsaturated/α-hetero) is 1. The molecule has 0 aromatic heterocycles. The summed E-state index contributed by atoms with van der Waals surface area (Å²) >= 11 is 0. The highest BCUT2D eigenvalue weighted by atomic mass is 16.6. The maximum Gasteiger partial charge on any atom is 0.338 e. The van der Waals surface area contributed by atoms with Crippen LogP contribution in [0.5, 0.6) is 0 Å². The molecule has 184 valence electrons. The summed E-state index contributed by atoms with van der Waals surface area (Å²) in [6.45, 7) is 6.62. The maximum atomic E-state index is 13.9. The number of fused-ring (bicyclic) bond motifs is 2. The molecule has 0 amide bonds. The third-order valence-corrected chi connectivity index (χ3v) is 10.2. The van der Waals surface area contributed by atoms with Gasteiger partial charge in [-0.15, -0.1) is 0 Å². The SMILES string of the molecule is C=C1C(=O)C23CC[C@H]1CC2[C@@]12CCC[C@@](C)(COC1=O)C2C[C@H]3OC(=O)c1ccc([N+](=O)[O-])cc1. The summed E-state index contributed by atoms with van der Waals surface area (Å²) in [5, 5.41) is 11.0. The molecule has 7 rings (SSSR count). The van der Waals surface area contributed by atoms with Gasteiger partial charge >= 0.3 is 11.9 Å². The van der Waals surface area contributed by atoms with Gasteiger partial charge in [0.25, 0.3) is 5.69 Å². The third-order valence-electron chi connectivity index (χ3n) is 10.2. The Kier molecular flexibility index (Phi) is 4.64. The minimum Gasteiger partial charge on any atom is -0.465 e. The fraction of sp³-hybridized carbons (Fsp3) is 0.593. The second-order valence-electron chi connectivity index (χ2n) is 11.5. The second-order valence-corrected chi connectivity index (χ2v) is 11.5. The normalized spacial score (nSPS) is 41.5. The van der Waals surface area contributed by atoms with Gasteiger partial charge in [0.15, 0.2) is 5.78 Å². The van der Waals surface area contributed by atoms with E-state index in [1.165, 1.54) is 24.3 Å². The topological polar surface area (TPSA) is 113 Å². The number of hydrogen-bond donors (Lipinski definition) is 0. The number of ketones is 1. The molecule has 1 aromatic rings. The molecule has 3 unspecified atom stereocenters. The molecule has 35 heavy (non-hydrogen) atoms. The fourth-order valence-corrected chi connectivity index (χ4v) is 8.56. The quantitative estimate of drug-likeness (QED) is 0.273. The number of cyclic esters (lactones) is 1. The molecular weight excluding hydrogens is 450 g/mol. The van der Waals surface area contributed by atoms with Gasteiger partial charge in [0.2, 0.25) is 0 Å². The zero-order valence-electron chi connectivity index (χ0n) is 19.8. The lowest BCUT2D eigenvalue weighted by Gasteiger charge is -2.69. The third kappa shape index (κ3) is 2.76. The van der Waals surface area contributed by atoms with Gasteiger partial charge in [0.05, 0.1) is 27.9 Å². The number of rotatable bonds is 3. The largest absolute Gasteiger partial charge is 0.465 e. The Bertz CT molecular complexity index is 1170. The Balaban J connectivity index is 1.43. The van der Waals surface area contributed by atoms with E-state index in [9.17, 15) is 24.5 Å². The van der Waals surface area contributed by atoms with E-state index in [4.69, 9.17) is 9.47 Å². The number of allylic oxidation sites excluding steroid dienone is 1. The summed E-state index contributed by atoms with van der Waals surface area (Å²) in [6, 6.07) is 5.31. The molecule has 1 aromatic carbocycles. The van der Waals surface area contributed by atoms with E-state index < -0.39 is 27.8 Å². The van der Waals surface area contributed by atoms with E-state index >= 15 is 0 Å². The van der Waals surface area contributed by atoms with Gasteiger partial charge in [-0.1, -0.05) is 19.9 Å². The van der Waals surface area contributed by atoms with Gasteiger partial charge in [-0.3, -0.25) is 19.7 Å². The first-order chi connectivity index (χ1) is 16.6. The first kappa shape index (κ1) is 22.4. The lowest BCUT2D eigenvalue weighted by Crippen LogP contribution is -2.73. The number of non-ortho nitro benzene ring substituents is 1. The van der Waals surface area contributed by atoms with Gasteiger partial charge in [-0.25, -0.2) is 4.79 Å². The van der Waals surface area contributed by atoms with E-state index in [0.717, 1.165) is 19.3 Å². The molecule has 1 aliphatic heterocycles. The Morgan fingerprint density at radius 3 is 2.57 bits per heavy atom. The van der Waals surface area contributed by atoms with Gasteiger partial charge < -0.3 is 9.47 Å². The van der Waals surface area contributed by atoms with Crippen molar-refractivity contribution in [2.75, 3.05) is 6.61 Å². The molecule has 7 atom stereocenters. The number of nitrogens with zero attached hydrogens (tertiary/aromatic N) is 1. The Morgan fingerprint density at radius 2 is 1.86 bits per heavy atom. The average Bonchev–Trinajstić information content (AvgIpc) is 2.85. The number of esters is 2. The van der Waals surface area contributed by atoms with E-state index in [1.54, 1.807) is 0 Å². The monoisotopic (exact) mass is 479 g/mol. The molecule has 6 aliphatic rings. The van der Waals surface area contributed by atoms with Crippen molar-refractivity contribution in [3.05, 3.63) is 52.1 Å². The first-order valence-electron chi connectivity index (χ1n) is 12.5. The standard InChI is InChI=1S/C27H29NO7/c1-15-17-8-11-27(22(15)29)20(12-17)26-10-3-9-25(2,14-34-24(26)31)19(26)13-21(27)35-23(30)16-4-6-18(7-5-16)28(32)33/h4-7,17,19-21H,1,3,8-14H2,2H3/t17-,19?,20?,21+,25-,26-,27?/m0/s1. The van der Waals surface area contributed by atoms with Crippen molar-refractivity contribution in [2.45, 2.75) is 58.0 Å². The van der Waals surface area contributed by atoms with E-state index in [0.29, 0.717) is 37.9 Å². The lowest BCUT2D eigenvalue weighted by molar-refractivity contribution is -0.384. The van der Waals surface area contributed by atoms with Gasteiger partial charge in [0.1, 0.15) is 6.10 Å². The number of carbonyl (C=O) groups is 3. The average molecular weight is 480 g/mol. The van der Waals surface area contributed by atoms with E-state index in [2.05, 4.69) is 13.5 Å². The molecule has 4 bridgehead atoms. The predicted octanol–water partition coefficient (Wildman–Crippen LogP) is 4.42. The van der Waals surface area contributed by atoms with E-state index in [1.807, 2.05) is 0 Å². The maximum absolute atomic E-state index is 13.9. The minimum atomic E-state index is -0.979. The van der Waals surface area contributed by atoms with E-state index in [-0.39, 0.29) is 46.2 Å². The number of benzene rings is 1. The van der Waals surface area contributed by atoms with Crippen LogP contribution in [0.2, 0.25) is 0 Å². The molecular formula is C27H29NO7. The van der Waals surface area contributed by atoms with Crippen LogP contribution in [0.3, 0.4) is 0 Å². The number of nitro benzene ring substituents is 1. The molecule has 8 heteroatoms. The second kappa shape index (κ2) is 7.24. The summed E-state index contributed by atoms with van der Waals surface area (Å²) in [7, 11) is 0. The highest BCUT2D eigenvalue weighted by Crippen LogP contribution is 2.73. The molecule has 0 N–H and O–H groups in total. The molecule has 1 heterocycles. The highest BCUT2D eigenvalue weighted by Gasteiger charge is 2.76. The predicted molar refractivity (Wildman–Crippen MR) is 123 cm³/mol. The van der Waals surface area contributed by atoms with Crippen LogP contribution in [0.1, 0.15) is 62.2 Å². The minimum absolute atomic E-state index is 0.0318. The van der Waals surface area contributed by atoms with Crippen molar-refractivity contribution >= 4 is 23.4 Å². The zero-order chi connectivity index (χ0) is 24.8. The van der Waals surface area contributed by atoms with Crippen LogP contribution in [0.15, 0.2) is 36.4 Å². The first-order valence-corrected chi connectivity index (χ1v) is 12.5. The van der Waals surface area contributed by atoms with Crippen molar-refractivity contribution < 1.29 is 28.8 Å². The van der Waals surface area contributed by atoms with Crippen LogP contribution in [0.25, 0.3) is 0 Å². The van der Waals surface area contributed by atoms with Crippen molar-refractivity contribution in [3.63, 3.8) is 0 Å². The fourth-order valence-electron chi connectivity index (χ4n) is 8.56. The summed E-state index contributed by atoms with van der Waals surface area (Å²) in [6.07, 6.45) is 4.36. The van der Waals surface area contributed by atoms with Crippen LogP contribution in [0.4, 0.5) is 5.69 Å². The van der Waals surface area contributed by atoms with Crippen LogP contribution in [-0.4, -0.2) is 35.4 Å². The van der Waals surface area contributed by atoms with Gasteiger partial charge in [0, 0.05) is 17.5 Å². The summed E-state index contributed by atoms with van der Waals surface area (Å²) in [5.41, 5.74) is -1.25. The lowest BCUT2D eigenvalue weighted by atomic mass is 9.35. The molecule has 1 saturated heterocycles. The molecule has 6 fully saturated rings. The van der Waals surface area contributed by atoms with Crippen molar-refractivity contribution in [3.8, 4) is 0 Å². The number of carbonyl (C=O) groups excluding carboxylic acids is 3. The smallest absolute Gasteiger partial charge is 0.338 e. The number of ether oxygens (including phenoxy) is 2. The molecule has 0 radical (unpaired) electrons. The number of nitro groups is 1. The molecule has 8 nitrogen and oxygen atoms in total. The van der Waals surface area contributed by atoms with Gasteiger partial charge in [-0.05, 0) is 74.0 Å².